The molecule has 0 spiro atoms. The lowest BCUT2D eigenvalue weighted by Gasteiger charge is -2.15. The van der Waals surface area contributed by atoms with Crippen molar-refractivity contribution in [3.63, 3.8) is 0 Å². The predicted molar refractivity (Wildman–Crippen MR) is 106 cm³/mol. The van der Waals surface area contributed by atoms with Crippen molar-refractivity contribution in [1.29, 1.82) is 0 Å². The topological polar surface area (TPSA) is 81.7 Å². The Morgan fingerprint density at radius 3 is 2.43 bits per heavy atom. The first-order valence-corrected chi connectivity index (χ1v) is 9.28. The third-order valence-electron chi connectivity index (χ3n) is 3.86. The fraction of sp³-hybridized carbons (Fsp3) is 0.316. The first kappa shape index (κ1) is 20.5. The molecule has 0 fully saturated rings. The van der Waals surface area contributed by atoms with E-state index in [0.29, 0.717) is 32.1 Å². The molecule has 9 heteroatoms. The van der Waals surface area contributed by atoms with E-state index in [-0.39, 0.29) is 25.9 Å². The quantitative estimate of drug-likeness (QED) is 0.179. The number of fused-ring (bicyclic) bond motifs is 1. The van der Waals surface area contributed by atoms with Crippen molar-refractivity contribution < 1.29 is 38.0 Å². The minimum absolute atomic E-state index is 0.123. The summed E-state index contributed by atoms with van der Waals surface area (Å²) in [6.07, 6.45) is 0. The Labute approximate surface area is 175 Å². The van der Waals surface area contributed by atoms with Gasteiger partial charge in [-0.25, -0.2) is 4.79 Å². The summed E-state index contributed by atoms with van der Waals surface area (Å²) >= 11 is 2.05. The summed E-state index contributed by atoms with van der Waals surface area (Å²) in [4.78, 5) is 12.8. The third kappa shape index (κ3) is 4.42. The van der Waals surface area contributed by atoms with Crippen LogP contribution in [0.25, 0.3) is 0 Å². The van der Waals surface area contributed by atoms with Gasteiger partial charge in [0.1, 0.15) is 6.79 Å². The van der Waals surface area contributed by atoms with E-state index in [0.717, 1.165) is 5.56 Å². The van der Waals surface area contributed by atoms with E-state index in [4.69, 9.17) is 33.2 Å². The van der Waals surface area contributed by atoms with Crippen molar-refractivity contribution in [1.82, 2.24) is 0 Å². The van der Waals surface area contributed by atoms with Crippen molar-refractivity contribution in [2.75, 3.05) is 34.9 Å². The Balaban J connectivity index is 1.89. The number of carbonyl (C=O) groups is 1. The Morgan fingerprint density at radius 2 is 1.75 bits per heavy atom. The number of hydrogen-bond acceptors (Lipinski definition) is 8. The van der Waals surface area contributed by atoms with Gasteiger partial charge in [0.25, 0.3) is 0 Å². The number of ether oxygens (including phenoxy) is 7. The van der Waals surface area contributed by atoms with Gasteiger partial charge < -0.3 is 33.2 Å². The van der Waals surface area contributed by atoms with Gasteiger partial charge in [-0.2, -0.15) is 0 Å². The van der Waals surface area contributed by atoms with Gasteiger partial charge in [0, 0.05) is 10.7 Å². The van der Waals surface area contributed by atoms with Crippen LogP contribution in [0.4, 0.5) is 0 Å². The minimum atomic E-state index is -0.557. The molecule has 0 bridgehead atoms. The number of halogens is 1. The summed E-state index contributed by atoms with van der Waals surface area (Å²) in [7, 11) is 4.51. The summed E-state index contributed by atoms with van der Waals surface area (Å²) in [6.45, 7) is 0.512. The van der Waals surface area contributed by atoms with Gasteiger partial charge in [0.15, 0.2) is 23.0 Å². The second kappa shape index (κ2) is 9.30. The second-order valence-corrected chi connectivity index (χ2v) is 6.82. The molecule has 8 nitrogen and oxygen atoms in total. The molecular weight excluding hydrogens is 483 g/mol. The van der Waals surface area contributed by atoms with Crippen LogP contribution in [0.2, 0.25) is 0 Å². The molecule has 0 aromatic heterocycles. The summed E-state index contributed by atoms with van der Waals surface area (Å²) in [5.41, 5.74) is 1.09. The Hall–Kier alpha value is -2.24. The minimum Gasteiger partial charge on any atom is -0.493 e. The molecule has 1 heterocycles. The molecule has 0 saturated heterocycles. The van der Waals surface area contributed by atoms with Crippen LogP contribution < -0.4 is 23.7 Å². The van der Waals surface area contributed by atoms with Gasteiger partial charge in [-0.1, -0.05) is 0 Å². The third-order valence-corrected chi connectivity index (χ3v) is 4.75. The van der Waals surface area contributed by atoms with Gasteiger partial charge in [0.2, 0.25) is 12.5 Å². The summed E-state index contributed by atoms with van der Waals surface area (Å²) < 4.78 is 37.9. The summed E-state index contributed by atoms with van der Waals surface area (Å²) in [5, 5.41) is 0. The Kier molecular flexibility index (Phi) is 6.81. The van der Waals surface area contributed by atoms with Crippen LogP contribution in [0.3, 0.4) is 0 Å². The highest BCUT2D eigenvalue weighted by molar-refractivity contribution is 14.1. The normalized spacial score (nSPS) is 12.0. The first-order valence-electron chi connectivity index (χ1n) is 8.20. The Morgan fingerprint density at radius 1 is 1.04 bits per heavy atom. The largest absolute Gasteiger partial charge is 0.493 e. The summed E-state index contributed by atoms with van der Waals surface area (Å²) in [5.74, 6) is 1.48. The SMILES string of the molecule is COCOCc1cc(OC)c(OC)c(OC(=O)c2cc3c(cc2I)OCO3)c1. The zero-order valence-electron chi connectivity index (χ0n) is 15.6. The van der Waals surface area contributed by atoms with Crippen molar-refractivity contribution in [3.8, 4) is 28.7 Å². The van der Waals surface area contributed by atoms with E-state index in [9.17, 15) is 4.79 Å². The molecule has 3 rings (SSSR count). The number of carbonyl (C=O) groups excluding carboxylic acids is 1. The molecule has 0 atom stereocenters. The first-order chi connectivity index (χ1) is 13.6. The van der Waals surface area contributed by atoms with Gasteiger partial charge in [-0.3, -0.25) is 0 Å². The van der Waals surface area contributed by atoms with Crippen LogP contribution in [0, 0.1) is 3.57 Å². The van der Waals surface area contributed by atoms with Crippen LogP contribution in [0.1, 0.15) is 15.9 Å². The van der Waals surface area contributed by atoms with Gasteiger partial charge in [-0.05, 0) is 52.4 Å². The predicted octanol–water partition coefficient (Wildman–Crippen LogP) is 3.38. The molecule has 0 amide bonds. The maximum absolute atomic E-state index is 12.8. The molecule has 0 unspecified atom stereocenters. The van der Waals surface area contributed by atoms with E-state index in [1.54, 1.807) is 24.3 Å². The van der Waals surface area contributed by atoms with Crippen LogP contribution in [-0.4, -0.2) is 40.9 Å². The zero-order valence-corrected chi connectivity index (χ0v) is 17.7. The molecule has 2 aromatic carbocycles. The number of hydrogen-bond donors (Lipinski definition) is 0. The van der Waals surface area contributed by atoms with Crippen molar-refractivity contribution in [2.45, 2.75) is 6.61 Å². The molecule has 0 N–H and O–H groups in total. The maximum Gasteiger partial charge on any atom is 0.344 e. The standard InChI is InChI=1S/C19H19IO8/c1-22-9-25-8-11-4-16(23-2)18(24-3)17(5-11)28-19(21)12-6-14-15(7-13(12)20)27-10-26-14/h4-7H,8-10H2,1-3H3. The molecule has 2 aromatic rings. The monoisotopic (exact) mass is 502 g/mol. The molecule has 0 radical (unpaired) electrons. The number of benzene rings is 2. The average Bonchev–Trinajstić information content (AvgIpc) is 3.14. The van der Waals surface area contributed by atoms with Gasteiger partial charge in [0.05, 0.1) is 26.4 Å². The average molecular weight is 502 g/mol. The van der Waals surface area contributed by atoms with E-state index in [1.165, 1.54) is 21.3 Å². The Bertz CT molecular complexity index is 867. The van der Waals surface area contributed by atoms with Crippen LogP contribution >= 0.6 is 22.6 Å². The van der Waals surface area contributed by atoms with E-state index >= 15 is 0 Å². The number of esters is 1. The molecule has 0 saturated carbocycles. The highest BCUT2D eigenvalue weighted by Crippen LogP contribution is 2.40. The zero-order chi connectivity index (χ0) is 20.1. The number of methoxy groups -OCH3 is 3. The van der Waals surface area contributed by atoms with Crippen LogP contribution in [0.15, 0.2) is 24.3 Å². The summed E-state index contributed by atoms with van der Waals surface area (Å²) in [6, 6.07) is 6.74. The fourth-order valence-electron chi connectivity index (χ4n) is 2.61. The fourth-order valence-corrected chi connectivity index (χ4v) is 3.27. The van der Waals surface area contributed by atoms with Crippen molar-refractivity contribution in [3.05, 3.63) is 39.0 Å². The molecule has 1 aliphatic rings. The highest BCUT2D eigenvalue weighted by Gasteiger charge is 2.23. The van der Waals surface area contributed by atoms with E-state index < -0.39 is 5.97 Å². The highest BCUT2D eigenvalue weighted by atomic mass is 127. The van der Waals surface area contributed by atoms with E-state index in [2.05, 4.69) is 0 Å². The molecule has 150 valence electrons. The van der Waals surface area contributed by atoms with Crippen LogP contribution in [0.5, 0.6) is 28.7 Å². The van der Waals surface area contributed by atoms with Gasteiger partial charge in [-0.15, -0.1) is 0 Å². The molecule has 0 aliphatic carbocycles. The lowest BCUT2D eigenvalue weighted by Crippen LogP contribution is -2.12. The van der Waals surface area contributed by atoms with Crippen LogP contribution in [-0.2, 0) is 16.1 Å². The molecule has 28 heavy (non-hydrogen) atoms. The second-order valence-electron chi connectivity index (χ2n) is 5.66. The van der Waals surface area contributed by atoms with E-state index in [1.807, 2.05) is 22.6 Å². The lowest BCUT2D eigenvalue weighted by molar-refractivity contribution is -0.0391. The van der Waals surface area contributed by atoms with Crippen molar-refractivity contribution >= 4 is 28.6 Å². The molecular formula is C19H19IO8. The maximum atomic E-state index is 12.8. The number of rotatable bonds is 8. The van der Waals surface area contributed by atoms with Gasteiger partial charge >= 0.3 is 5.97 Å². The van der Waals surface area contributed by atoms with Crippen molar-refractivity contribution in [2.24, 2.45) is 0 Å². The molecule has 1 aliphatic heterocycles. The lowest BCUT2D eigenvalue weighted by atomic mass is 10.1. The smallest absolute Gasteiger partial charge is 0.344 e.